The van der Waals surface area contributed by atoms with Gasteiger partial charge < -0.3 is 10.2 Å². The van der Waals surface area contributed by atoms with E-state index in [0.717, 1.165) is 4.90 Å². The zero-order chi connectivity index (χ0) is 12.7. The van der Waals surface area contributed by atoms with Gasteiger partial charge >= 0.3 is 0 Å². The fourth-order valence-electron chi connectivity index (χ4n) is 1.52. The molecule has 0 saturated carbocycles. The summed E-state index contributed by atoms with van der Waals surface area (Å²) in [4.78, 5) is 12.3. The summed E-state index contributed by atoms with van der Waals surface area (Å²) in [6, 6.07) is 6.57. The average molecular weight is 235 g/mol. The maximum Gasteiger partial charge on any atom is 0.275 e. The van der Waals surface area contributed by atoms with E-state index < -0.39 is 0 Å². The monoisotopic (exact) mass is 235 g/mol. The van der Waals surface area contributed by atoms with Crippen LogP contribution in [0.5, 0.6) is 0 Å². The molecule has 2 N–H and O–H groups in total. The number of carbonyl (C=O) groups is 1. The van der Waals surface area contributed by atoms with Gasteiger partial charge in [0.2, 0.25) is 0 Å². The highest BCUT2D eigenvalue weighted by Gasteiger charge is 2.11. The first-order valence-corrected chi connectivity index (χ1v) is 5.38. The van der Waals surface area contributed by atoms with E-state index in [-0.39, 0.29) is 24.8 Å². The van der Waals surface area contributed by atoms with Gasteiger partial charge in [0.15, 0.2) is 6.54 Å². The van der Waals surface area contributed by atoms with Crippen LogP contribution in [-0.4, -0.2) is 26.0 Å². The van der Waals surface area contributed by atoms with Crippen molar-refractivity contribution in [1.82, 2.24) is 5.32 Å². The third-order valence-corrected chi connectivity index (χ3v) is 2.30. The van der Waals surface area contributed by atoms with Crippen LogP contribution in [0.4, 0.5) is 4.39 Å². The molecule has 0 saturated heterocycles. The molecule has 0 fully saturated rings. The summed E-state index contributed by atoms with van der Waals surface area (Å²) in [7, 11) is 1.84. The number of terminal acetylenes is 1. The van der Waals surface area contributed by atoms with Crippen LogP contribution in [0.1, 0.15) is 5.56 Å². The number of rotatable bonds is 5. The number of likely N-dealkylation sites (N-methyl/N-ethyl adjacent to an activating group) is 1. The van der Waals surface area contributed by atoms with E-state index in [0.29, 0.717) is 12.1 Å². The first-order chi connectivity index (χ1) is 8.13. The quantitative estimate of drug-likeness (QED) is 0.668. The lowest BCUT2D eigenvalue weighted by molar-refractivity contribution is -0.885. The third-order valence-electron chi connectivity index (χ3n) is 2.30. The van der Waals surface area contributed by atoms with Crippen LogP contribution >= 0.6 is 0 Å². The topological polar surface area (TPSA) is 33.5 Å². The number of carbonyl (C=O) groups excluding carboxylic acids is 1. The summed E-state index contributed by atoms with van der Waals surface area (Å²) in [5.74, 6) is 1.96. The molecule has 0 spiro atoms. The van der Waals surface area contributed by atoms with Gasteiger partial charge in [-0.25, -0.2) is 4.39 Å². The normalized spacial score (nSPS) is 11.6. The summed E-state index contributed by atoms with van der Waals surface area (Å²) in [5.41, 5.74) is 0.606. The van der Waals surface area contributed by atoms with Gasteiger partial charge in [-0.1, -0.05) is 24.1 Å². The summed E-state index contributed by atoms with van der Waals surface area (Å²) in [6.45, 7) is 0.970. The standard InChI is InChI=1S/C13H15FN2O/c1-3-8-15-13(17)10-16(2)9-11-6-4-5-7-12(11)14/h1,4-7H,8-10H2,2H3,(H,15,17)/p+1. The lowest BCUT2D eigenvalue weighted by Gasteiger charge is -2.13. The molecule has 3 nitrogen and oxygen atoms in total. The molecule has 1 atom stereocenters. The van der Waals surface area contributed by atoms with Crippen molar-refractivity contribution in [1.29, 1.82) is 0 Å². The van der Waals surface area contributed by atoms with E-state index >= 15 is 0 Å². The number of halogens is 1. The van der Waals surface area contributed by atoms with Crippen LogP contribution in [0.25, 0.3) is 0 Å². The maximum absolute atomic E-state index is 13.3. The molecule has 1 unspecified atom stereocenters. The van der Waals surface area contributed by atoms with Gasteiger partial charge in [0, 0.05) is 5.56 Å². The Morgan fingerprint density at radius 1 is 1.53 bits per heavy atom. The van der Waals surface area contributed by atoms with Crippen molar-refractivity contribution >= 4 is 5.91 Å². The summed E-state index contributed by atoms with van der Waals surface area (Å²) in [6.07, 6.45) is 5.03. The summed E-state index contributed by atoms with van der Waals surface area (Å²) >= 11 is 0. The van der Waals surface area contributed by atoms with Gasteiger partial charge in [-0.05, 0) is 6.07 Å². The second-order valence-corrected chi connectivity index (χ2v) is 3.88. The molecule has 1 aromatic rings. The first-order valence-electron chi connectivity index (χ1n) is 5.38. The van der Waals surface area contributed by atoms with E-state index in [1.807, 2.05) is 7.05 Å². The minimum Gasteiger partial charge on any atom is -0.340 e. The van der Waals surface area contributed by atoms with Crippen molar-refractivity contribution in [3.05, 3.63) is 35.6 Å². The van der Waals surface area contributed by atoms with Crippen molar-refractivity contribution in [2.24, 2.45) is 0 Å². The molecule has 0 bridgehead atoms. The molecule has 1 aromatic carbocycles. The van der Waals surface area contributed by atoms with E-state index in [1.54, 1.807) is 18.2 Å². The minimum atomic E-state index is -0.240. The predicted octanol–water partition coefficient (Wildman–Crippen LogP) is -0.410. The van der Waals surface area contributed by atoms with Gasteiger partial charge in [0.1, 0.15) is 12.4 Å². The van der Waals surface area contributed by atoms with Gasteiger partial charge in [-0.3, -0.25) is 4.79 Å². The third kappa shape index (κ3) is 4.66. The van der Waals surface area contributed by atoms with Crippen molar-refractivity contribution in [3.63, 3.8) is 0 Å². The van der Waals surface area contributed by atoms with Gasteiger partial charge in [0.05, 0.1) is 13.6 Å². The van der Waals surface area contributed by atoms with Crippen molar-refractivity contribution in [2.45, 2.75) is 6.54 Å². The Morgan fingerprint density at radius 2 is 2.24 bits per heavy atom. The Balaban J connectivity index is 2.45. The average Bonchev–Trinajstić information content (AvgIpc) is 2.29. The smallest absolute Gasteiger partial charge is 0.275 e. The molecule has 17 heavy (non-hydrogen) atoms. The molecular formula is C13H16FN2O+. The highest BCUT2D eigenvalue weighted by Crippen LogP contribution is 2.03. The van der Waals surface area contributed by atoms with Crippen molar-refractivity contribution < 1.29 is 14.1 Å². The Kier molecular flexibility index (Phi) is 5.18. The van der Waals surface area contributed by atoms with Gasteiger partial charge in [-0.2, -0.15) is 0 Å². The molecule has 0 aromatic heterocycles. The highest BCUT2D eigenvalue weighted by atomic mass is 19.1. The largest absolute Gasteiger partial charge is 0.340 e. The lowest BCUT2D eigenvalue weighted by Crippen LogP contribution is -3.09. The molecule has 0 aliphatic rings. The SMILES string of the molecule is C#CCNC(=O)C[NH+](C)Cc1ccccc1F. The van der Waals surface area contributed by atoms with E-state index in [2.05, 4.69) is 11.2 Å². The molecular weight excluding hydrogens is 219 g/mol. The van der Waals surface area contributed by atoms with Crippen LogP contribution in [0.15, 0.2) is 24.3 Å². The van der Waals surface area contributed by atoms with Crippen LogP contribution in [-0.2, 0) is 11.3 Å². The van der Waals surface area contributed by atoms with Gasteiger partial charge in [-0.15, -0.1) is 6.42 Å². The molecule has 1 amide bonds. The van der Waals surface area contributed by atoms with Crippen LogP contribution in [0.3, 0.4) is 0 Å². The summed E-state index contributed by atoms with van der Waals surface area (Å²) < 4.78 is 13.3. The Hall–Kier alpha value is -1.86. The number of quaternary nitrogens is 1. The van der Waals surface area contributed by atoms with E-state index in [1.165, 1.54) is 6.07 Å². The van der Waals surface area contributed by atoms with Crippen molar-refractivity contribution in [2.75, 3.05) is 20.1 Å². The Bertz CT molecular complexity index is 426. The van der Waals surface area contributed by atoms with E-state index in [9.17, 15) is 9.18 Å². The maximum atomic E-state index is 13.3. The minimum absolute atomic E-state index is 0.128. The molecule has 0 heterocycles. The van der Waals surface area contributed by atoms with E-state index in [4.69, 9.17) is 6.42 Å². The lowest BCUT2D eigenvalue weighted by atomic mass is 10.2. The highest BCUT2D eigenvalue weighted by molar-refractivity contribution is 5.77. The molecule has 0 aliphatic heterocycles. The van der Waals surface area contributed by atoms with Crippen molar-refractivity contribution in [3.8, 4) is 12.3 Å². The molecule has 0 aliphatic carbocycles. The Morgan fingerprint density at radius 3 is 2.88 bits per heavy atom. The molecule has 4 heteroatoms. The number of hydrogen-bond acceptors (Lipinski definition) is 1. The molecule has 90 valence electrons. The zero-order valence-electron chi connectivity index (χ0n) is 9.79. The zero-order valence-corrected chi connectivity index (χ0v) is 9.79. The second-order valence-electron chi connectivity index (χ2n) is 3.88. The fraction of sp³-hybridized carbons (Fsp3) is 0.308. The summed E-state index contributed by atoms with van der Waals surface area (Å²) in [5, 5.41) is 2.57. The Labute approximate surface area is 101 Å². The van der Waals surface area contributed by atoms with Crippen LogP contribution < -0.4 is 10.2 Å². The second kappa shape index (κ2) is 6.66. The number of nitrogens with one attached hydrogen (secondary N) is 2. The molecule has 1 rings (SSSR count). The van der Waals surface area contributed by atoms with Crippen LogP contribution in [0.2, 0.25) is 0 Å². The molecule has 0 radical (unpaired) electrons. The van der Waals surface area contributed by atoms with Gasteiger partial charge in [0.25, 0.3) is 5.91 Å². The first kappa shape index (κ1) is 13.2. The predicted molar refractivity (Wildman–Crippen MR) is 63.7 cm³/mol. The number of benzene rings is 1. The number of hydrogen-bond donors (Lipinski definition) is 2. The van der Waals surface area contributed by atoms with Crippen LogP contribution in [0, 0.1) is 18.2 Å². The fourth-order valence-corrected chi connectivity index (χ4v) is 1.52. The number of amides is 1.